The number of anilines is 1. The lowest BCUT2D eigenvalue weighted by atomic mass is 9.99. The fourth-order valence-electron chi connectivity index (χ4n) is 4.31. The minimum absolute atomic E-state index is 0.0186. The third kappa shape index (κ3) is 3.58. The first-order chi connectivity index (χ1) is 14.0. The van der Waals surface area contributed by atoms with Gasteiger partial charge in [-0.25, -0.2) is 0 Å². The van der Waals surface area contributed by atoms with E-state index in [4.69, 9.17) is 4.74 Å². The summed E-state index contributed by atoms with van der Waals surface area (Å²) in [6, 6.07) is 14.0. The van der Waals surface area contributed by atoms with Crippen molar-refractivity contribution >= 4 is 17.2 Å². The van der Waals surface area contributed by atoms with Crippen molar-refractivity contribution in [1.82, 2.24) is 0 Å². The third-order valence-corrected chi connectivity index (χ3v) is 5.68. The van der Waals surface area contributed by atoms with E-state index in [1.807, 2.05) is 36.1 Å². The maximum absolute atomic E-state index is 11.9. The Labute approximate surface area is 170 Å². The molecule has 4 rings (SSSR count). The lowest BCUT2D eigenvalue weighted by Gasteiger charge is -2.29. The van der Waals surface area contributed by atoms with Crippen LogP contribution in [-0.4, -0.2) is 40.1 Å². The molecule has 0 amide bonds. The topological polar surface area (TPSA) is 78.8 Å². The maximum Gasteiger partial charge on any atom is 0.275 e. The molecule has 152 valence electrons. The molecular weight excluding hydrogens is 370 g/mol. The summed E-state index contributed by atoms with van der Waals surface area (Å²) in [5.41, 5.74) is 0.269. The standard InChI is InChI=1S/C22H26N3O4/c1-2-29-20-13-11-18(12-14-20)24-21-6-4-3-5-15-23(21)16-22(24,26)17-7-9-19(10-8-17)25(27)28/h7-14,26H,2-6,15-16H2,1H3/q+1. The Hall–Kier alpha value is -2.93. The van der Waals surface area contributed by atoms with Gasteiger partial charge in [0.2, 0.25) is 0 Å². The van der Waals surface area contributed by atoms with Gasteiger partial charge in [0.15, 0.2) is 6.54 Å². The van der Waals surface area contributed by atoms with Crippen LogP contribution in [0.3, 0.4) is 0 Å². The van der Waals surface area contributed by atoms with E-state index in [2.05, 4.69) is 4.58 Å². The highest BCUT2D eigenvalue weighted by Gasteiger charge is 2.54. The van der Waals surface area contributed by atoms with Crippen molar-refractivity contribution in [3.63, 3.8) is 0 Å². The van der Waals surface area contributed by atoms with Crippen LogP contribution in [0.4, 0.5) is 11.4 Å². The highest BCUT2D eigenvalue weighted by atomic mass is 16.6. The van der Waals surface area contributed by atoms with E-state index in [0.717, 1.165) is 43.1 Å². The first kappa shape index (κ1) is 19.4. The van der Waals surface area contributed by atoms with Crippen molar-refractivity contribution in [3.8, 4) is 5.75 Å². The second-order valence-corrected chi connectivity index (χ2v) is 7.53. The summed E-state index contributed by atoms with van der Waals surface area (Å²) in [5.74, 6) is 1.89. The molecule has 1 unspecified atom stereocenters. The summed E-state index contributed by atoms with van der Waals surface area (Å²) < 4.78 is 7.82. The van der Waals surface area contributed by atoms with Gasteiger partial charge in [0.1, 0.15) is 11.4 Å². The van der Waals surface area contributed by atoms with E-state index < -0.39 is 10.6 Å². The Morgan fingerprint density at radius 2 is 1.86 bits per heavy atom. The Morgan fingerprint density at radius 3 is 2.52 bits per heavy atom. The van der Waals surface area contributed by atoms with Crippen molar-refractivity contribution in [2.24, 2.45) is 0 Å². The van der Waals surface area contributed by atoms with Crippen LogP contribution in [-0.2, 0) is 5.72 Å². The average Bonchev–Trinajstić information content (AvgIpc) is 2.85. The lowest BCUT2D eigenvalue weighted by molar-refractivity contribution is -0.534. The van der Waals surface area contributed by atoms with Gasteiger partial charge in [-0.3, -0.25) is 14.7 Å². The third-order valence-electron chi connectivity index (χ3n) is 5.68. The highest BCUT2D eigenvalue weighted by Crippen LogP contribution is 2.38. The minimum Gasteiger partial charge on any atom is -0.494 e. The van der Waals surface area contributed by atoms with Crippen molar-refractivity contribution < 1.29 is 19.3 Å². The summed E-state index contributed by atoms with van der Waals surface area (Å²) in [5, 5.41) is 22.9. The molecule has 2 aromatic rings. The molecule has 0 saturated heterocycles. The zero-order chi connectivity index (χ0) is 20.4. The molecule has 0 bridgehead atoms. The molecule has 1 N–H and O–H groups in total. The van der Waals surface area contributed by atoms with Gasteiger partial charge in [0, 0.05) is 24.1 Å². The van der Waals surface area contributed by atoms with E-state index in [1.165, 1.54) is 18.6 Å². The van der Waals surface area contributed by atoms with Crippen LogP contribution < -0.4 is 9.64 Å². The molecule has 29 heavy (non-hydrogen) atoms. The highest BCUT2D eigenvalue weighted by molar-refractivity contribution is 5.97. The Balaban J connectivity index is 1.76. The predicted octanol–water partition coefficient (Wildman–Crippen LogP) is 3.64. The van der Waals surface area contributed by atoms with Crippen molar-refractivity contribution in [2.45, 2.75) is 38.3 Å². The molecule has 2 aliphatic heterocycles. The number of ether oxygens (including phenoxy) is 1. The Kier molecular flexibility index (Phi) is 5.24. The Morgan fingerprint density at radius 1 is 1.14 bits per heavy atom. The number of nitrogens with zero attached hydrogens (tertiary/aromatic N) is 3. The number of nitro groups is 1. The molecule has 2 aliphatic rings. The fourth-order valence-corrected chi connectivity index (χ4v) is 4.31. The van der Waals surface area contributed by atoms with Crippen LogP contribution in [0.1, 0.15) is 38.2 Å². The van der Waals surface area contributed by atoms with E-state index in [1.54, 1.807) is 12.1 Å². The summed E-state index contributed by atoms with van der Waals surface area (Å²) >= 11 is 0. The van der Waals surface area contributed by atoms with E-state index in [0.29, 0.717) is 18.7 Å². The number of rotatable bonds is 5. The van der Waals surface area contributed by atoms with Gasteiger partial charge in [-0.05, 0) is 62.6 Å². The van der Waals surface area contributed by atoms with Crippen molar-refractivity contribution in [1.29, 1.82) is 0 Å². The van der Waals surface area contributed by atoms with E-state index in [-0.39, 0.29) is 5.69 Å². The molecule has 2 heterocycles. The number of amidine groups is 1. The van der Waals surface area contributed by atoms with Gasteiger partial charge in [0.05, 0.1) is 18.1 Å². The number of hydrogen-bond donors (Lipinski definition) is 1. The molecule has 2 aromatic carbocycles. The molecule has 7 nitrogen and oxygen atoms in total. The van der Waals surface area contributed by atoms with Gasteiger partial charge in [-0.2, -0.15) is 4.90 Å². The van der Waals surface area contributed by atoms with Crippen LogP contribution in [0.2, 0.25) is 0 Å². The lowest BCUT2D eigenvalue weighted by Crippen LogP contribution is -2.47. The molecule has 1 atom stereocenters. The van der Waals surface area contributed by atoms with Crippen LogP contribution in [0.25, 0.3) is 0 Å². The molecule has 0 spiro atoms. The second kappa shape index (κ2) is 7.83. The van der Waals surface area contributed by atoms with Gasteiger partial charge in [0.25, 0.3) is 17.2 Å². The number of benzene rings is 2. The van der Waals surface area contributed by atoms with Crippen LogP contribution >= 0.6 is 0 Å². The first-order valence-corrected chi connectivity index (χ1v) is 10.1. The summed E-state index contributed by atoms with van der Waals surface area (Å²) in [6.07, 6.45) is 4.24. The van der Waals surface area contributed by atoms with Gasteiger partial charge < -0.3 is 9.84 Å². The Bertz CT molecular complexity index is 924. The number of nitro benzene ring substituents is 1. The smallest absolute Gasteiger partial charge is 0.275 e. The molecule has 0 fully saturated rings. The van der Waals surface area contributed by atoms with Gasteiger partial charge in [-0.1, -0.05) is 0 Å². The fraction of sp³-hybridized carbons (Fsp3) is 0.409. The predicted molar refractivity (Wildman–Crippen MR) is 111 cm³/mol. The average molecular weight is 396 g/mol. The van der Waals surface area contributed by atoms with Crippen LogP contribution in [0.5, 0.6) is 5.75 Å². The van der Waals surface area contributed by atoms with Crippen molar-refractivity contribution in [3.05, 3.63) is 64.2 Å². The number of hydrogen-bond acceptors (Lipinski definition) is 5. The number of aliphatic hydroxyl groups is 1. The normalized spacial score (nSPS) is 21.7. The van der Waals surface area contributed by atoms with Crippen molar-refractivity contribution in [2.75, 3.05) is 24.6 Å². The van der Waals surface area contributed by atoms with Crippen LogP contribution in [0.15, 0.2) is 48.5 Å². The molecule has 0 saturated carbocycles. The SMILES string of the molecule is CCOc1ccc(N2C3=[N+](CCCCC3)CC2(O)c2ccc([N+](=O)[O-])cc2)cc1. The minimum atomic E-state index is -1.28. The zero-order valence-electron chi connectivity index (χ0n) is 16.6. The second-order valence-electron chi connectivity index (χ2n) is 7.53. The molecule has 0 radical (unpaired) electrons. The van der Waals surface area contributed by atoms with E-state index in [9.17, 15) is 15.2 Å². The largest absolute Gasteiger partial charge is 0.494 e. The maximum atomic E-state index is 11.9. The van der Waals surface area contributed by atoms with Gasteiger partial charge in [-0.15, -0.1) is 0 Å². The molecular formula is C22H26N3O4+. The van der Waals surface area contributed by atoms with Gasteiger partial charge >= 0.3 is 0 Å². The molecule has 0 aromatic heterocycles. The summed E-state index contributed by atoms with van der Waals surface area (Å²) in [6.45, 7) is 3.88. The molecule has 7 heteroatoms. The number of non-ortho nitro benzene ring substituents is 1. The summed E-state index contributed by atoms with van der Waals surface area (Å²) in [4.78, 5) is 12.6. The molecule has 0 aliphatic carbocycles. The monoisotopic (exact) mass is 396 g/mol. The quantitative estimate of drug-likeness (QED) is 0.474. The van der Waals surface area contributed by atoms with E-state index >= 15 is 0 Å². The summed E-state index contributed by atoms with van der Waals surface area (Å²) in [7, 11) is 0. The van der Waals surface area contributed by atoms with Crippen LogP contribution in [0, 0.1) is 10.1 Å². The zero-order valence-corrected chi connectivity index (χ0v) is 16.6. The first-order valence-electron chi connectivity index (χ1n) is 10.1.